The monoisotopic (exact) mass is 319 g/mol. The maximum absolute atomic E-state index is 12.0. The molecule has 0 saturated carbocycles. The lowest BCUT2D eigenvalue weighted by Gasteiger charge is -2.06. The Hall–Kier alpha value is -3.14. The third kappa shape index (κ3) is 4.17. The van der Waals surface area contributed by atoms with Gasteiger partial charge >= 0.3 is 0 Å². The van der Waals surface area contributed by atoms with Crippen molar-refractivity contribution in [2.45, 2.75) is 18.6 Å². The second-order valence-corrected chi connectivity index (χ2v) is 4.87. The number of nitrogens with one attached hydrogen (secondary N) is 4. The first-order chi connectivity index (χ1) is 10.9. The molecule has 122 valence electrons. The summed E-state index contributed by atoms with van der Waals surface area (Å²) in [5.74, 6) is -1.03. The van der Waals surface area contributed by atoms with Crippen LogP contribution in [0.3, 0.4) is 0 Å². The van der Waals surface area contributed by atoms with Crippen LogP contribution in [0.4, 0.5) is 5.69 Å². The molecule has 2 atom stereocenters. The molecule has 1 aromatic heterocycles. The fraction of sp³-hybridized carbons (Fsp3) is 0.231. The van der Waals surface area contributed by atoms with E-state index in [-0.39, 0.29) is 23.8 Å². The van der Waals surface area contributed by atoms with Crippen molar-refractivity contribution in [1.29, 1.82) is 5.41 Å². The van der Waals surface area contributed by atoms with Gasteiger partial charge in [0.1, 0.15) is 29.5 Å². The van der Waals surface area contributed by atoms with E-state index < -0.39 is 24.0 Å². The maximum atomic E-state index is 12.0. The number of carbonyl (C=O) groups excluding carboxylic acids is 2. The third-order valence-electron chi connectivity index (χ3n) is 3.07. The van der Waals surface area contributed by atoms with Gasteiger partial charge in [0.15, 0.2) is 0 Å². The average Bonchev–Trinajstić information content (AvgIpc) is 3.06. The van der Waals surface area contributed by atoms with Gasteiger partial charge in [-0.25, -0.2) is 0 Å². The summed E-state index contributed by atoms with van der Waals surface area (Å²) in [4.78, 5) is 30.3. The number of aliphatic hydroxyl groups is 1. The number of H-pyrrole nitrogens is 1. The van der Waals surface area contributed by atoms with Crippen molar-refractivity contribution in [2.24, 2.45) is 16.5 Å². The predicted octanol–water partition coefficient (Wildman–Crippen LogP) is -1.38. The number of nitrogens with zero attached hydrogens (tertiary/aromatic N) is 1. The normalized spacial score (nSPS) is 20.3. The number of hydrogen-bond donors (Lipinski definition) is 7. The van der Waals surface area contributed by atoms with Gasteiger partial charge in [-0.2, -0.15) is 0 Å². The summed E-state index contributed by atoms with van der Waals surface area (Å²) in [6.07, 6.45) is 3.12. The van der Waals surface area contributed by atoms with Gasteiger partial charge < -0.3 is 32.2 Å². The zero-order valence-electron chi connectivity index (χ0n) is 12.0. The quantitative estimate of drug-likeness (QED) is 0.260. The lowest BCUT2D eigenvalue weighted by molar-refractivity contribution is -0.117. The Morgan fingerprint density at radius 1 is 1.52 bits per heavy atom. The van der Waals surface area contributed by atoms with Crippen molar-refractivity contribution >= 4 is 29.2 Å². The van der Waals surface area contributed by atoms with Gasteiger partial charge in [-0.3, -0.25) is 20.0 Å². The molecule has 0 aliphatic carbocycles. The molecule has 23 heavy (non-hydrogen) atoms. The Kier molecular flexibility index (Phi) is 4.76. The van der Waals surface area contributed by atoms with Crippen molar-refractivity contribution in [3.8, 4) is 0 Å². The molecular formula is C13H17N7O3. The van der Waals surface area contributed by atoms with E-state index in [1.807, 2.05) is 0 Å². The number of amidine groups is 2. The molecule has 0 unspecified atom stereocenters. The molecule has 10 heteroatoms. The molecule has 0 saturated heterocycles. The number of aliphatic imine (C=N–C) groups is 1. The molecule has 0 bridgehead atoms. The number of aromatic amines is 1. The van der Waals surface area contributed by atoms with E-state index in [9.17, 15) is 14.7 Å². The first-order valence-corrected chi connectivity index (χ1v) is 6.68. The summed E-state index contributed by atoms with van der Waals surface area (Å²) in [5, 5.41) is 21.4. The largest absolute Gasteiger partial charge is 0.385 e. The first kappa shape index (κ1) is 16.2. The number of amides is 2. The van der Waals surface area contributed by atoms with Crippen LogP contribution in [0.5, 0.6) is 0 Å². The standard InChI is InChI=1S/C13H17N7O3/c14-10(15)1-2-17-12(22)7-3-6(5-18-7)19-13(23)8-4-9(21)11(16)20-8/h1-3,5,8-9,18,21H,4H2,(H3,14,15)(H2,16,20)(H,17,22)(H,19,23)/b2-1+/t8-,9+/m0/s1. The van der Waals surface area contributed by atoms with Crippen LogP contribution in [0.25, 0.3) is 0 Å². The molecule has 0 spiro atoms. The van der Waals surface area contributed by atoms with Gasteiger partial charge in [0.05, 0.1) is 5.69 Å². The zero-order valence-corrected chi connectivity index (χ0v) is 12.0. The number of anilines is 1. The highest BCUT2D eigenvalue weighted by Gasteiger charge is 2.30. The maximum Gasteiger partial charge on any atom is 0.271 e. The molecule has 2 rings (SSSR count). The highest BCUT2D eigenvalue weighted by atomic mass is 16.3. The van der Waals surface area contributed by atoms with E-state index in [1.54, 1.807) is 0 Å². The summed E-state index contributed by atoms with van der Waals surface area (Å²) in [7, 11) is 0. The zero-order chi connectivity index (χ0) is 17.0. The van der Waals surface area contributed by atoms with Crippen LogP contribution in [0, 0.1) is 5.41 Å². The summed E-state index contributed by atoms with van der Waals surface area (Å²) in [6.45, 7) is 0. The summed E-state index contributed by atoms with van der Waals surface area (Å²) >= 11 is 0. The van der Waals surface area contributed by atoms with Gasteiger partial charge in [0, 0.05) is 18.8 Å². The molecule has 2 amide bonds. The topological polar surface area (TPSA) is 182 Å². The van der Waals surface area contributed by atoms with Crippen LogP contribution in [0.2, 0.25) is 0 Å². The Bertz CT molecular complexity index is 691. The molecule has 0 fully saturated rings. The van der Waals surface area contributed by atoms with Crippen LogP contribution in [-0.4, -0.2) is 45.7 Å². The highest BCUT2D eigenvalue weighted by molar-refractivity contribution is 6.01. The molecule has 1 aromatic rings. The highest BCUT2D eigenvalue weighted by Crippen LogP contribution is 2.16. The molecule has 2 heterocycles. The molecular weight excluding hydrogens is 302 g/mol. The Balaban J connectivity index is 1.93. The van der Waals surface area contributed by atoms with Crippen LogP contribution < -0.4 is 22.1 Å². The molecule has 0 radical (unpaired) electrons. The Morgan fingerprint density at radius 2 is 2.26 bits per heavy atom. The van der Waals surface area contributed by atoms with Crippen LogP contribution in [-0.2, 0) is 4.79 Å². The van der Waals surface area contributed by atoms with Gasteiger partial charge in [-0.15, -0.1) is 0 Å². The van der Waals surface area contributed by atoms with Crippen molar-refractivity contribution in [2.75, 3.05) is 5.32 Å². The van der Waals surface area contributed by atoms with E-state index in [0.717, 1.165) is 0 Å². The van der Waals surface area contributed by atoms with E-state index >= 15 is 0 Å². The molecule has 1 aliphatic heterocycles. The van der Waals surface area contributed by atoms with Crippen molar-refractivity contribution in [3.05, 3.63) is 30.2 Å². The van der Waals surface area contributed by atoms with Crippen molar-refractivity contribution in [1.82, 2.24) is 10.3 Å². The minimum atomic E-state index is -0.911. The lowest BCUT2D eigenvalue weighted by atomic mass is 10.1. The SMILES string of the molecule is N=C(N)/C=C/NC(=O)c1cc(NC(=O)[C@@H]2C[C@@H](O)C(N)=N2)c[nH]1. The second-order valence-electron chi connectivity index (χ2n) is 4.87. The fourth-order valence-electron chi connectivity index (χ4n) is 1.92. The number of nitrogens with two attached hydrogens (primary N) is 2. The molecule has 10 nitrogen and oxygen atoms in total. The number of hydrogen-bond acceptors (Lipinski definition) is 6. The van der Waals surface area contributed by atoms with Gasteiger partial charge in [0.25, 0.3) is 5.91 Å². The van der Waals surface area contributed by atoms with Crippen LogP contribution >= 0.6 is 0 Å². The van der Waals surface area contributed by atoms with Crippen molar-refractivity contribution in [3.63, 3.8) is 0 Å². The molecule has 9 N–H and O–H groups in total. The third-order valence-corrected chi connectivity index (χ3v) is 3.07. The van der Waals surface area contributed by atoms with E-state index in [2.05, 4.69) is 20.6 Å². The first-order valence-electron chi connectivity index (χ1n) is 6.68. The average molecular weight is 319 g/mol. The van der Waals surface area contributed by atoms with Gasteiger partial charge in [-0.05, 0) is 12.1 Å². The van der Waals surface area contributed by atoms with Gasteiger partial charge in [-0.1, -0.05) is 0 Å². The van der Waals surface area contributed by atoms with Gasteiger partial charge in [0.2, 0.25) is 5.91 Å². The summed E-state index contributed by atoms with van der Waals surface area (Å²) in [6, 6.07) is 0.684. The van der Waals surface area contributed by atoms with Crippen LogP contribution in [0.1, 0.15) is 16.9 Å². The molecule has 1 aliphatic rings. The Morgan fingerprint density at radius 3 is 2.87 bits per heavy atom. The fourth-order valence-corrected chi connectivity index (χ4v) is 1.92. The van der Waals surface area contributed by atoms with Crippen LogP contribution in [0.15, 0.2) is 29.5 Å². The lowest BCUT2D eigenvalue weighted by Crippen LogP contribution is -2.27. The minimum absolute atomic E-state index is 0.0385. The predicted molar refractivity (Wildman–Crippen MR) is 84.0 cm³/mol. The molecule has 0 aromatic carbocycles. The summed E-state index contributed by atoms with van der Waals surface area (Å²) < 4.78 is 0. The van der Waals surface area contributed by atoms with E-state index in [1.165, 1.54) is 24.5 Å². The second kappa shape index (κ2) is 6.75. The number of carbonyl (C=O) groups is 2. The minimum Gasteiger partial charge on any atom is -0.385 e. The van der Waals surface area contributed by atoms with E-state index in [4.69, 9.17) is 16.9 Å². The van der Waals surface area contributed by atoms with Crippen molar-refractivity contribution < 1.29 is 14.7 Å². The Labute approximate surface area is 131 Å². The van der Waals surface area contributed by atoms with E-state index in [0.29, 0.717) is 5.69 Å². The smallest absolute Gasteiger partial charge is 0.271 e. The summed E-state index contributed by atoms with van der Waals surface area (Å²) in [5.41, 5.74) is 11.1. The number of aromatic nitrogens is 1. The number of rotatable bonds is 5. The number of aliphatic hydroxyl groups excluding tert-OH is 1.